The molecule has 23 heteroatoms. The van der Waals surface area contributed by atoms with E-state index in [1.54, 1.807) is 47.8 Å². The Balaban J connectivity index is 0.000000178. The van der Waals surface area contributed by atoms with Gasteiger partial charge in [0.05, 0.1) is 61.0 Å². The zero-order valence-electron chi connectivity index (χ0n) is 53.5. The Morgan fingerprint density at radius 2 is 0.875 bits per heavy atom. The maximum Gasteiger partial charge on any atom is 0.168 e. The van der Waals surface area contributed by atoms with Gasteiger partial charge in [-0.05, 0) is 169 Å². The van der Waals surface area contributed by atoms with Crippen molar-refractivity contribution in [1.29, 1.82) is 0 Å². The van der Waals surface area contributed by atoms with Crippen molar-refractivity contribution in [3.63, 3.8) is 0 Å². The Labute approximate surface area is 531 Å². The number of aromatic nitrogens is 10. The zero-order chi connectivity index (χ0) is 63.0. The summed E-state index contributed by atoms with van der Waals surface area (Å²) in [4.78, 5) is 33.1. The van der Waals surface area contributed by atoms with Gasteiger partial charge in [0.25, 0.3) is 0 Å². The van der Waals surface area contributed by atoms with Crippen molar-refractivity contribution in [3.8, 4) is 44.8 Å². The van der Waals surface area contributed by atoms with Crippen molar-refractivity contribution in [2.45, 2.75) is 198 Å². The summed E-state index contributed by atoms with van der Waals surface area (Å²) in [6.45, 7) is 27.4. The van der Waals surface area contributed by atoms with Gasteiger partial charge in [-0.15, -0.1) is 12.4 Å². The third-order valence-electron chi connectivity index (χ3n) is 17.0. The fourth-order valence-corrected chi connectivity index (χ4v) is 14.1. The van der Waals surface area contributed by atoms with E-state index in [0.717, 1.165) is 68.2 Å². The molecule has 0 aliphatic carbocycles. The molecule has 4 N–H and O–H groups in total. The monoisotopic (exact) mass is 1300 g/mol. The SMILES string of the molecule is CN(c1cnc(-c2ccc(-c3cn[nH]c3)c(F)c2F)cn1)C1CC(C)(C)NC(C)(C)C1.CN(c1cnc(-c2ccc(-c3cnn(C4CCCCO4)c3)c(F)c2F)cn1)C1CC(C)(C)NC(C)(C)C1.CN(c1cnc(Br)cn1)C1CC(C)(C)NC(C)(C)C1.Cl. The van der Waals surface area contributed by atoms with Crippen molar-refractivity contribution in [3.05, 3.63) is 114 Å². The third kappa shape index (κ3) is 16.4. The van der Waals surface area contributed by atoms with Gasteiger partial charge in [-0.25, -0.2) is 42.2 Å². The van der Waals surface area contributed by atoms with E-state index in [4.69, 9.17) is 4.74 Å². The highest BCUT2D eigenvalue weighted by molar-refractivity contribution is 9.10. The van der Waals surface area contributed by atoms with Crippen molar-refractivity contribution in [2.75, 3.05) is 42.4 Å². The van der Waals surface area contributed by atoms with Gasteiger partial charge in [0.2, 0.25) is 0 Å². The molecular weight excluding hydrogens is 1210 g/mol. The minimum absolute atomic E-state index is 0. The molecule has 11 rings (SSSR count). The van der Waals surface area contributed by atoms with Crippen LogP contribution in [-0.2, 0) is 4.74 Å². The summed E-state index contributed by atoms with van der Waals surface area (Å²) in [7, 11) is 6.13. The van der Waals surface area contributed by atoms with Crippen molar-refractivity contribution >= 4 is 45.8 Å². The molecule has 476 valence electrons. The molecule has 0 spiro atoms. The highest BCUT2D eigenvalue weighted by atomic mass is 79.9. The van der Waals surface area contributed by atoms with E-state index < -0.39 is 23.3 Å². The van der Waals surface area contributed by atoms with E-state index in [1.807, 2.05) is 20.3 Å². The number of hydrogen-bond acceptors (Lipinski definition) is 15. The number of rotatable bonds is 11. The first-order chi connectivity index (χ1) is 40.8. The van der Waals surface area contributed by atoms with E-state index in [1.165, 1.54) is 36.9 Å². The summed E-state index contributed by atoms with van der Waals surface area (Å²) in [6.07, 6.45) is 24.9. The maximum absolute atomic E-state index is 15.2. The molecule has 4 saturated heterocycles. The van der Waals surface area contributed by atoms with Gasteiger partial charge in [-0.3, -0.25) is 15.1 Å². The minimum Gasteiger partial charge on any atom is -0.357 e. The quantitative estimate of drug-likeness (QED) is 0.0898. The Bertz CT molecular complexity index is 3400. The van der Waals surface area contributed by atoms with Crippen molar-refractivity contribution < 1.29 is 22.3 Å². The second-order valence-corrected chi connectivity index (χ2v) is 28.8. The van der Waals surface area contributed by atoms with Gasteiger partial charge < -0.3 is 35.4 Å². The molecule has 5 aromatic heterocycles. The van der Waals surface area contributed by atoms with E-state index in [9.17, 15) is 8.78 Å². The van der Waals surface area contributed by atoms with Gasteiger partial charge in [0.15, 0.2) is 23.3 Å². The average Bonchev–Trinajstić information content (AvgIpc) is 4.14. The van der Waals surface area contributed by atoms with Crippen LogP contribution in [-0.4, -0.2) is 129 Å². The fourth-order valence-electron chi connectivity index (χ4n) is 13.9. The summed E-state index contributed by atoms with van der Waals surface area (Å²) in [5.41, 5.74) is 2.32. The predicted octanol–water partition coefficient (Wildman–Crippen LogP) is 13.7. The van der Waals surface area contributed by atoms with Crippen molar-refractivity contribution in [1.82, 2.24) is 65.8 Å². The highest BCUT2D eigenvalue weighted by Crippen LogP contribution is 2.38. The lowest BCUT2D eigenvalue weighted by Crippen LogP contribution is -2.62. The molecule has 4 fully saturated rings. The number of piperidine rings is 3. The van der Waals surface area contributed by atoms with Crippen molar-refractivity contribution in [2.24, 2.45) is 0 Å². The van der Waals surface area contributed by atoms with Crippen LogP contribution in [0.25, 0.3) is 44.8 Å². The molecule has 1 unspecified atom stereocenters. The number of benzene rings is 2. The zero-order valence-corrected chi connectivity index (χ0v) is 55.9. The lowest BCUT2D eigenvalue weighted by molar-refractivity contribution is -0.0394. The topological polar surface area (TPSA) is 179 Å². The number of hydrogen-bond donors (Lipinski definition) is 4. The van der Waals surface area contributed by atoms with Crippen LogP contribution >= 0.6 is 28.3 Å². The maximum atomic E-state index is 15.2. The molecular formula is C65H88BrClF4N16O. The van der Waals surface area contributed by atoms with Gasteiger partial charge in [0.1, 0.15) is 28.3 Å². The summed E-state index contributed by atoms with van der Waals surface area (Å²) in [5.74, 6) is -1.41. The molecule has 1 atom stereocenters. The standard InChI is InChI=1S/C28H36F2N6O.C23H28F2N6.C14H23BrN4.ClH/c1-27(2)12-19(13-28(3,4)34-27)35(5)23-16-31-22(15-32-23)21-10-9-20(25(29)26(21)30)18-14-33-36(17-18)24-8-6-7-11-37-24;1-22(2)8-15(9-23(3,4)30-22)31(5)19-13-26-18(12-27-19)17-7-6-16(20(24)21(17)25)14-10-28-29-11-14;1-13(2)6-10(7-14(3,4)18-13)19(5)12-9-16-11(15)8-17-12;/h9-10,14-17,19,24,34H,6-8,11-13H2,1-5H3;6-7,10-13,15,30H,8-9H2,1-5H3,(H,28,29);8-10,18H,6-7H2,1-5H3;1H. The van der Waals surface area contributed by atoms with Gasteiger partial charge in [0, 0.05) is 125 Å². The lowest BCUT2D eigenvalue weighted by atomic mass is 9.79. The molecule has 9 heterocycles. The first-order valence-electron chi connectivity index (χ1n) is 30.1. The summed E-state index contributed by atoms with van der Waals surface area (Å²) < 4.78 is 68.0. The van der Waals surface area contributed by atoms with Crippen LogP contribution in [0.1, 0.15) is 147 Å². The molecule has 7 aromatic rings. The van der Waals surface area contributed by atoms with Crippen LogP contribution in [0.3, 0.4) is 0 Å². The van der Waals surface area contributed by atoms with Crippen LogP contribution in [0.5, 0.6) is 0 Å². The molecule has 88 heavy (non-hydrogen) atoms. The van der Waals surface area contributed by atoms with Crippen LogP contribution in [0.2, 0.25) is 0 Å². The van der Waals surface area contributed by atoms with Crippen LogP contribution in [0.4, 0.5) is 35.0 Å². The molecule has 0 radical (unpaired) electrons. The number of nitrogens with one attached hydrogen (secondary N) is 4. The molecule has 0 bridgehead atoms. The third-order valence-corrected chi connectivity index (χ3v) is 17.4. The van der Waals surface area contributed by atoms with E-state index >= 15 is 8.78 Å². The number of aromatic amines is 1. The number of H-pyrrole nitrogens is 1. The number of ether oxygens (including phenoxy) is 1. The van der Waals surface area contributed by atoms with E-state index in [2.05, 4.69) is 182 Å². The predicted molar refractivity (Wildman–Crippen MR) is 348 cm³/mol. The van der Waals surface area contributed by atoms with E-state index in [0.29, 0.717) is 41.1 Å². The lowest BCUT2D eigenvalue weighted by Gasteiger charge is -2.49. The summed E-state index contributed by atoms with van der Waals surface area (Å²) in [6, 6.07) is 7.20. The summed E-state index contributed by atoms with van der Waals surface area (Å²) >= 11 is 3.32. The Kier molecular flexibility index (Phi) is 20.6. The smallest absolute Gasteiger partial charge is 0.168 e. The minimum atomic E-state index is -0.948. The number of anilines is 3. The molecule has 0 saturated carbocycles. The van der Waals surface area contributed by atoms with Crippen LogP contribution in [0.15, 0.2) is 90.8 Å². The van der Waals surface area contributed by atoms with Gasteiger partial charge >= 0.3 is 0 Å². The normalized spacial score (nSPS) is 20.3. The van der Waals surface area contributed by atoms with E-state index in [-0.39, 0.29) is 91.9 Å². The highest BCUT2D eigenvalue weighted by Gasteiger charge is 2.42. The molecule has 0 amide bonds. The van der Waals surface area contributed by atoms with Crippen LogP contribution in [0, 0.1) is 23.3 Å². The second kappa shape index (κ2) is 26.7. The Morgan fingerprint density at radius 3 is 1.23 bits per heavy atom. The molecule has 2 aromatic carbocycles. The molecule has 17 nitrogen and oxygen atoms in total. The van der Waals surface area contributed by atoms with Gasteiger partial charge in [-0.1, -0.05) is 12.1 Å². The second-order valence-electron chi connectivity index (χ2n) is 28.0. The van der Waals surface area contributed by atoms with Crippen LogP contribution < -0.4 is 30.7 Å². The first-order valence-corrected chi connectivity index (χ1v) is 30.9. The summed E-state index contributed by atoms with van der Waals surface area (Å²) in [5, 5.41) is 21.8. The number of halogens is 6. The fraction of sp³-hybridized carbons (Fsp3) is 0.538. The Hall–Kier alpha value is -6.17. The Morgan fingerprint density at radius 1 is 0.489 bits per heavy atom. The molecule has 4 aliphatic rings. The first kappa shape index (κ1) is 67.8. The number of nitrogens with zero attached hydrogens (tertiary/aromatic N) is 12. The average molecular weight is 1300 g/mol. The molecule has 4 aliphatic heterocycles. The largest absolute Gasteiger partial charge is 0.357 e. The van der Waals surface area contributed by atoms with Gasteiger partial charge in [-0.2, -0.15) is 10.2 Å².